The molecule has 17 heavy (non-hydrogen) atoms. The molecule has 0 spiro atoms. The molecule has 0 aromatic heterocycles. The number of amides is 1. The summed E-state index contributed by atoms with van der Waals surface area (Å²) in [4.78, 5) is 11.6. The summed E-state index contributed by atoms with van der Waals surface area (Å²) in [5, 5.41) is 5.86. The van der Waals surface area contributed by atoms with Crippen LogP contribution in [-0.4, -0.2) is 26.1 Å². The Hall–Kier alpha value is -1.07. The fourth-order valence-corrected chi connectivity index (χ4v) is 1.65. The Morgan fingerprint density at radius 3 is 2.88 bits per heavy atom. The number of halogens is 1. The lowest BCUT2D eigenvalue weighted by Crippen LogP contribution is -2.28. The number of carbonyl (C=O) groups excluding carboxylic acids is 1. The highest BCUT2D eigenvalue weighted by atomic mass is 79.9. The standard InChI is InChI=1S/C12H17BrN2O2/c1-3-6-14-8-12(16)15-11-7-9(17-2)4-5-10(11)13/h4-5,7,14H,3,6,8H2,1-2H3,(H,15,16). The minimum atomic E-state index is -0.0626. The summed E-state index contributed by atoms with van der Waals surface area (Å²) in [6, 6.07) is 5.45. The molecule has 0 aliphatic rings. The molecule has 5 heteroatoms. The van der Waals surface area contributed by atoms with Crippen molar-refractivity contribution in [1.82, 2.24) is 5.32 Å². The first-order valence-corrected chi connectivity index (χ1v) is 6.30. The first-order chi connectivity index (χ1) is 8.17. The molecule has 0 radical (unpaired) electrons. The monoisotopic (exact) mass is 300 g/mol. The summed E-state index contributed by atoms with van der Waals surface area (Å²) in [5.74, 6) is 0.650. The van der Waals surface area contributed by atoms with Gasteiger partial charge in [0.05, 0.1) is 19.3 Å². The van der Waals surface area contributed by atoms with Gasteiger partial charge in [0.1, 0.15) is 5.75 Å². The summed E-state index contributed by atoms with van der Waals surface area (Å²) in [5.41, 5.74) is 0.715. The molecule has 0 bridgehead atoms. The molecule has 0 unspecified atom stereocenters. The van der Waals surface area contributed by atoms with Crippen LogP contribution in [0.25, 0.3) is 0 Å². The Bertz CT molecular complexity index is 383. The smallest absolute Gasteiger partial charge is 0.238 e. The van der Waals surface area contributed by atoms with E-state index in [1.165, 1.54) is 0 Å². The van der Waals surface area contributed by atoms with Crippen molar-refractivity contribution in [1.29, 1.82) is 0 Å². The van der Waals surface area contributed by atoms with Crippen molar-refractivity contribution < 1.29 is 9.53 Å². The van der Waals surface area contributed by atoms with Gasteiger partial charge in [-0.05, 0) is 41.0 Å². The zero-order valence-corrected chi connectivity index (χ0v) is 11.6. The van der Waals surface area contributed by atoms with Gasteiger partial charge in [0.25, 0.3) is 0 Å². The van der Waals surface area contributed by atoms with Crippen molar-refractivity contribution >= 4 is 27.5 Å². The Kier molecular flexibility index (Phi) is 6.00. The second kappa shape index (κ2) is 7.29. The highest BCUT2D eigenvalue weighted by molar-refractivity contribution is 9.10. The molecule has 0 saturated carbocycles. The second-order valence-corrected chi connectivity index (χ2v) is 4.43. The van der Waals surface area contributed by atoms with Gasteiger partial charge in [-0.1, -0.05) is 6.92 Å². The highest BCUT2D eigenvalue weighted by Gasteiger charge is 2.06. The normalized spacial score (nSPS) is 10.1. The SMILES string of the molecule is CCCNCC(=O)Nc1cc(OC)ccc1Br. The fraction of sp³-hybridized carbons (Fsp3) is 0.417. The lowest BCUT2D eigenvalue weighted by atomic mass is 10.3. The van der Waals surface area contributed by atoms with E-state index in [1.54, 1.807) is 13.2 Å². The number of benzene rings is 1. The maximum absolute atomic E-state index is 11.6. The van der Waals surface area contributed by atoms with Gasteiger partial charge in [0.15, 0.2) is 0 Å². The average molecular weight is 301 g/mol. The number of hydrogen-bond acceptors (Lipinski definition) is 3. The number of hydrogen-bond donors (Lipinski definition) is 2. The van der Waals surface area contributed by atoms with Gasteiger partial charge < -0.3 is 15.4 Å². The summed E-state index contributed by atoms with van der Waals surface area (Å²) in [6.45, 7) is 3.22. The molecule has 4 nitrogen and oxygen atoms in total. The van der Waals surface area contributed by atoms with E-state index in [0.717, 1.165) is 17.4 Å². The Morgan fingerprint density at radius 2 is 2.24 bits per heavy atom. The van der Waals surface area contributed by atoms with Gasteiger partial charge >= 0.3 is 0 Å². The maximum atomic E-state index is 11.6. The molecule has 0 saturated heterocycles. The van der Waals surface area contributed by atoms with Crippen LogP contribution in [-0.2, 0) is 4.79 Å². The molecule has 0 fully saturated rings. The van der Waals surface area contributed by atoms with Crippen molar-refractivity contribution in [2.75, 3.05) is 25.5 Å². The number of ether oxygens (including phenoxy) is 1. The average Bonchev–Trinajstić information content (AvgIpc) is 2.32. The number of anilines is 1. The van der Waals surface area contributed by atoms with Crippen LogP contribution in [0, 0.1) is 0 Å². The topological polar surface area (TPSA) is 50.4 Å². The van der Waals surface area contributed by atoms with E-state index >= 15 is 0 Å². The summed E-state index contributed by atoms with van der Waals surface area (Å²) in [7, 11) is 1.59. The van der Waals surface area contributed by atoms with Gasteiger partial charge in [0.2, 0.25) is 5.91 Å². The first kappa shape index (κ1) is 14.0. The Labute approximate surface area is 110 Å². The van der Waals surface area contributed by atoms with Gasteiger partial charge in [-0.3, -0.25) is 4.79 Å². The van der Waals surface area contributed by atoms with E-state index in [1.807, 2.05) is 12.1 Å². The lowest BCUT2D eigenvalue weighted by Gasteiger charge is -2.09. The van der Waals surface area contributed by atoms with Gasteiger partial charge in [0, 0.05) is 10.5 Å². The first-order valence-electron chi connectivity index (χ1n) is 5.51. The number of nitrogens with one attached hydrogen (secondary N) is 2. The molecular weight excluding hydrogens is 284 g/mol. The van der Waals surface area contributed by atoms with E-state index in [2.05, 4.69) is 33.5 Å². The zero-order chi connectivity index (χ0) is 12.7. The van der Waals surface area contributed by atoms with Gasteiger partial charge in [-0.25, -0.2) is 0 Å². The summed E-state index contributed by atoms with van der Waals surface area (Å²) >= 11 is 3.38. The van der Waals surface area contributed by atoms with Gasteiger partial charge in [-0.15, -0.1) is 0 Å². The number of carbonyl (C=O) groups is 1. The predicted octanol–water partition coefficient (Wildman–Crippen LogP) is 2.40. The van der Waals surface area contributed by atoms with Crippen LogP contribution in [0.1, 0.15) is 13.3 Å². The van der Waals surface area contributed by atoms with Crippen molar-refractivity contribution in [2.45, 2.75) is 13.3 Å². The molecule has 2 N–H and O–H groups in total. The molecule has 1 rings (SSSR count). The van der Waals surface area contributed by atoms with E-state index in [-0.39, 0.29) is 5.91 Å². The molecule has 1 aromatic rings. The molecular formula is C12H17BrN2O2. The van der Waals surface area contributed by atoms with Crippen molar-refractivity contribution in [3.8, 4) is 5.75 Å². The number of methoxy groups -OCH3 is 1. The molecule has 0 aliphatic carbocycles. The molecule has 0 atom stereocenters. The van der Waals surface area contributed by atoms with E-state index in [0.29, 0.717) is 18.0 Å². The van der Waals surface area contributed by atoms with Crippen LogP contribution in [0.3, 0.4) is 0 Å². The molecule has 1 amide bonds. The summed E-state index contributed by atoms with van der Waals surface area (Å²) in [6.07, 6.45) is 1.01. The second-order valence-electron chi connectivity index (χ2n) is 3.57. The molecule has 0 heterocycles. The van der Waals surface area contributed by atoms with Crippen LogP contribution < -0.4 is 15.4 Å². The predicted molar refractivity (Wildman–Crippen MR) is 72.5 cm³/mol. The van der Waals surface area contributed by atoms with E-state index in [9.17, 15) is 4.79 Å². The Balaban J connectivity index is 2.57. The zero-order valence-electron chi connectivity index (χ0n) is 10.0. The van der Waals surface area contributed by atoms with Gasteiger partial charge in [-0.2, -0.15) is 0 Å². The minimum Gasteiger partial charge on any atom is -0.497 e. The van der Waals surface area contributed by atoms with E-state index < -0.39 is 0 Å². The van der Waals surface area contributed by atoms with Crippen LogP contribution in [0.4, 0.5) is 5.69 Å². The quantitative estimate of drug-likeness (QED) is 0.793. The third-order valence-corrected chi connectivity index (χ3v) is 2.85. The molecule has 1 aromatic carbocycles. The van der Waals surface area contributed by atoms with E-state index in [4.69, 9.17) is 4.74 Å². The largest absolute Gasteiger partial charge is 0.497 e. The molecule has 0 aliphatic heterocycles. The Morgan fingerprint density at radius 1 is 1.47 bits per heavy atom. The summed E-state index contributed by atoms with van der Waals surface area (Å²) < 4.78 is 5.94. The number of rotatable bonds is 6. The molecule has 94 valence electrons. The fourth-order valence-electron chi connectivity index (χ4n) is 1.30. The maximum Gasteiger partial charge on any atom is 0.238 e. The van der Waals surface area contributed by atoms with Crippen LogP contribution in [0.5, 0.6) is 5.75 Å². The highest BCUT2D eigenvalue weighted by Crippen LogP contribution is 2.26. The third kappa shape index (κ3) is 4.75. The van der Waals surface area contributed by atoms with Crippen molar-refractivity contribution in [3.05, 3.63) is 22.7 Å². The minimum absolute atomic E-state index is 0.0626. The van der Waals surface area contributed by atoms with Crippen LogP contribution in [0.15, 0.2) is 22.7 Å². The van der Waals surface area contributed by atoms with Crippen LogP contribution in [0.2, 0.25) is 0 Å². The van der Waals surface area contributed by atoms with Crippen molar-refractivity contribution in [2.24, 2.45) is 0 Å². The van der Waals surface area contributed by atoms with Crippen molar-refractivity contribution in [3.63, 3.8) is 0 Å². The third-order valence-electron chi connectivity index (χ3n) is 2.16. The van der Waals surface area contributed by atoms with Crippen LogP contribution >= 0.6 is 15.9 Å². The lowest BCUT2D eigenvalue weighted by molar-refractivity contribution is -0.115.